The summed E-state index contributed by atoms with van der Waals surface area (Å²) < 4.78 is 25.6. The van der Waals surface area contributed by atoms with Gasteiger partial charge in [0.2, 0.25) is 15.9 Å². The number of rotatable bonds is 6. The van der Waals surface area contributed by atoms with E-state index in [1.807, 2.05) is 6.92 Å². The van der Waals surface area contributed by atoms with Crippen molar-refractivity contribution in [2.24, 2.45) is 5.14 Å². The van der Waals surface area contributed by atoms with E-state index in [1.165, 1.54) is 16.9 Å². The Morgan fingerprint density at radius 1 is 1.32 bits per heavy atom. The quantitative estimate of drug-likeness (QED) is 0.594. The summed E-state index contributed by atoms with van der Waals surface area (Å²) in [6.07, 6.45) is 5.67. The van der Waals surface area contributed by atoms with Gasteiger partial charge in [0.05, 0.1) is 18.3 Å². The molecule has 3 rings (SSSR count). The molecular formula is C18H18ClN5O3S. The third kappa shape index (κ3) is 4.56. The molecule has 0 unspecified atom stereocenters. The maximum absolute atomic E-state index is 12.3. The molecule has 0 bridgehead atoms. The molecule has 2 heterocycles. The molecule has 0 fully saturated rings. The van der Waals surface area contributed by atoms with Gasteiger partial charge >= 0.3 is 0 Å². The van der Waals surface area contributed by atoms with E-state index in [4.69, 9.17) is 16.7 Å². The van der Waals surface area contributed by atoms with Crippen LogP contribution >= 0.6 is 11.6 Å². The van der Waals surface area contributed by atoms with Crippen molar-refractivity contribution >= 4 is 33.2 Å². The number of aryl methyl sites for hydroxylation is 1. The number of primary sulfonamides is 1. The standard InChI is InChI=1S/C18H18ClN5O3S/c1-2-12-10-22-24(11-12)15-6-5-14(9-16(15)28(20,26)27)23-17(25)8-13-4-3-7-21-18(13)19/h3-7,9-11H,2,8H2,1H3,(H,23,25)(H2,20,26,27). The number of nitrogens with two attached hydrogens (primary N) is 1. The van der Waals surface area contributed by atoms with Gasteiger partial charge in [0.1, 0.15) is 10.0 Å². The maximum Gasteiger partial charge on any atom is 0.240 e. The molecule has 2 aromatic heterocycles. The summed E-state index contributed by atoms with van der Waals surface area (Å²) in [7, 11) is -4.05. The Labute approximate surface area is 167 Å². The Balaban J connectivity index is 1.89. The van der Waals surface area contributed by atoms with Gasteiger partial charge in [0.15, 0.2) is 0 Å². The lowest BCUT2D eigenvalue weighted by Crippen LogP contribution is -2.18. The van der Waals surface area contributed by atoms with Crippen LogP contribution in [0.5, 0.6) is 0 Å². The number of nitrogens with zero attached hydrogens (tertiary/aromatic N) is 3. The molecule has 0 saturated carbocycles. The topological polar surface area (TPSA) is 120 Å². The predicted octanol–water partition coefficient (Wildman–Crippen LogP) is 2.31. The fourth-order valence-electron chi connectivity index (χ4n) is 2.61. The van der Waals surface area contributed by atoms with Crippen molar-refractivity contribution in [2.75, 3.05) is 5.32 Å². The number of halogens is 1. The average molecular weight is 420 g/mol. The first kappa shape index (κ1) is 20.0. The fraction of sp³-hybridized carbons (Fsp3) is 0.167. The molecule has 0 aliphatic rings. The van der Waals surface area contributed by atoms with Gasteiger partial charge in [0, 0.05) is 18.1 Å². The fourth-order valence-corrected chi connectivity index (χ4v) is 3.54. The zero-order valence-electron chi connectivity index (χ0n) is 15.0. The first-order chi connectivity index (χ1) is 13.3. The number of hydrogen-bond donors (Lipinski definition) is 2. The highest BCUT2D eigenvalue weighted by molar-refractivity contribution is 7.89. The van der Waals surface area contributed by atoms with E-state index in [9.17, 15) is 13.2 Å². The number of amides is 1. The second kappa shape index (κ2) is 8.09. The molecule has 1 amide bonds. The maximum atomic E-state index is 12.3. The monoisotopic (exact) mass is 419 g/mol. The lowest BCUT2D eigenvalue weighted by Gasteiger charge is -2.11. The van der Waals surface area contributed by atoms with Crippen LogP contribution in [-0.2, 0) is 27.7 Å². The Morgan fingerprint density at radius 2 is 2.11 bits per heavy atom. The van der Waals surface area contributed by atoms with Crippen LogP contribution in [0.2, 0.25) is 5.15 Å². The Hall–Kier alpha value is -2.75. The highest BCUT2D eigenvalue weighted by Gasteiger charge is 2.18. The summed E-state index contributed by atoms with van der Waals surface area (Å²) >= 11 is 5.96. The average Bonchev–Trinajstić information content (AvgIpc) is 3.12. The molecule has 3 aromatic rings. The summed E-state index contributed by atoms with van der Waals surface area (Å²) in [4.78, 5) is 16.1. The number of aromatic nitrogens is 3. The van der Waals surface area contributed by atoms with E-state index in [0.717, 1.165) is 12.0 Å². The molecule has 0 aliphatic heterocycles. The number of benzene rings is 1. The van der Waals surface area contributed by atoms with Crippen LogP contribution in [0.4, 0.5) is 5.69 Å². The van der Waals surface area contributed by atoms with Gasteiger partial charge in [-0.2, -0.15) is 5.10 Å². The predicted molar refractivity (Wildman–Crippen MR) is 106 cm³/mol. The first-order valence-corrected chi connectivity index (χ1v) is 10.3. The molecular weight excluding hydrogens is 402 g/mol. The van der Waals surface area contributed by atoms with Crippen molar-refractivity contribution < 1.29 is 13.2 Å². The van der Waals surface area contributed by atoms with Crippen LogP contribution in [0.15, 0.2) is 53.8 Å². The normalized spacial score (nSPS) is 11.4. The number of hydrogen-bond acceptors (Lipinski definition) is 5. The Kier molecular flexibility index (Phi) is 5.78. The largest absolute Gasteiger partial charge is 0.326 e. The molecule has 1 aromatic carbocycles. The lowest BCUT2D eigenvalue weighted by atomic mass is 10.2. The highest BCUT2D eigenvalue weighted by atomic mass is 35.5. The van der Waals surface area contributed by atoms with E-state index >= 15 is 0 Å². The van der Waals surface area contributed by atoms with Crippen LogP contribution in [-0.4, -0.2) is 29.1 Å². The number of pyridine rings is 1. The number of carbonyl (C=O) groups excluding carboxylic acids is 1. The molecule has 0 aliphatic carbocycles. The van der Waals surface area contributed by atoms with Crippen molar-refractivity contribution in [3.8, 4) is 5.69 Å². The second-order valence-corrected chi connectivity index (χ2v) is 7.94. The minimum absolute atomic E-state index is 0.00184. The van der Waals surface area contributed by atoms with Crippen molar-refractivity contribution in [2.45, 2.75) is 24.7 Å². The SMILES string of the molecule is CCc1cnn(-c2ccc(NC(=O)Cc3cccnc3Cl)cc2S(N)(=O)=O)c1. The van der Waals surface area contributed by atoms with Crippen LogP contribution in [0.3, 0.4) is 0 Å². The van der Waals surface area contributed by atoms with E-state index in [1.54, 1.807) is 36.7 Å². The number of nitrogens with one attached hydrogen (secondary N) is 1. The third-order valence-corrected chi connectivity index (χ3v) is 5.31. The van der Waals surface area contributed by atoms with Gasteiger partial charge in [-0.15, -0.1) is 0 Å². The van der Waals surface area contributed by atoms with Crippen LogP contribution in [0.1, 0.15) is 18.1 Å². The highest BCUT2D eigenvalue weighted by Crippen LogP contribution is 2.24. The first-order valence-electron chi connectivity index (χ1n) is 8.38. The second-order valence-electron chi connectivity index (χ2n) is 6.05. The van der Waals surface area contributed by atoms with E-state index in [2.05, 4.69) is 15.4 Å². The van der Waals surface area contributed by atoms with Crippen molar-refractivity contribution in [3.63, 3.8) is 0 Å². The van der Waals surface area contributed by atoms with Gasteiger partial charge in [-0.05, 0) is 41.8 Å². The molecule has 0 atom stereocenters. The van der Waals surface area contributed by atoms with Crippen LogP contribution < -0.4 is 10.5 Å². The van der Waals surface area contributed by atoms with Crippen molar-refractivity contribution in [1.29, 1.82) is 0 Å². The summed E-state index contributed by atoms with van der Waals surface area (Å²) in [6, 6.07) is 7.80. The molecule has 0 spiro atoms. The van der Waals surface area contributed by atoms with E-state index in [-0.39, 0.29) is 22.4 Å². The number of carbonyl (C=O) groups is 1. The molecule has 8 nitrogen and oxygen atoms in total. The van der Waals surface area contributed by atoms with Gasteiger partial charge < -0.3 is 5.32 Å². The van der Waals surface area contributed by atoms with Gasteiger partial charge in [0.25, 0.3) is 0 Å². The molecule has 146 valence electrons. The van der Waals surface area contributed by atoms with Crippen LogP contribution in [0.25, 0.3) is 5.69 Å². The van der Waals surface area contributed by atoms with E-state index < -0.39 is 10.0 Å². The Morgan fingerprint density at radius 3 is 2.75 bits per heavy atom. The van der Waals surface area contributed by atoms with Gasteiger partial charge in [-0.3, -0.25) is 4.79 Å². The lowest BCUT2D eigenvalue weighted by molar-refractivity contribution is -0.115. The smallest absolute Gasteiger partial charge is 0.240 e. The summed E-state index contributed by atoms with van der Waals surface area (Å²) in [6.45, 7) is 1.97. The van der Waals surface area contributed by atoms with E-state index in [0.29, 0.717) is 16.9 Å². The number of anilines is 1. The Bertz CT molecular complexity index is 1130. The van der Waals surface area contributed by atoms with Crippen molar-refractivity contribution in [3.05, 3.63) is 65.2 Å². The summed E-state index contributed by atoms with van der Waals surface area (Å²) in [5, 5.41) is 12.4. The molecule has 0 saturated heterocycles. The van der Waals surface area contributed by atoms with Crippen molar-refractivity contribution in [1.82, 2.24) is 14.8 Å². The zero-order chi connectivity index (χ0) is 20.3. The summed E-state index contributed by atoms with van der Waals surface area (Å²) in [5.74, 6) is -0.365. The molecule has 3 N–H and O–H groups in total. The van der Waals surface area contributed by atoms with Gasteiger partial charge in [-0.1, -0.05) is 24.6 Å². The van der Waals surface area contributed by atoms with Gasteiger partial charge in [-0.25, -0.2) is 23.2 Å². The minimum atomic E-state index is -4.05. The molecule has 0 radical (unpaired) electrons. The van der Waals surface area contributed by atoms with Crippen LogP contribution in [0, 0.1) is 0 Å². The summed E-state index contributed by atoms with van der Waals surface area (Å²) in [5.41, 5.74) is 2.11. The zero-order valence-corrected chi connectivity index (χ0v) is 16.5. The minimum Gasteiger partial charge on any atom is -0.326 e. The third-order valence-electron chi connectivity index (χ3n) is 4.03. The molecule has 10 heteroatoms. The molecule has 28 heavy (non-hydrogen) atoms. The number of sulfonamides is 1.